The zero-order valence-corrected chi connectivity index (χ0v) is 11.8. The average molecular weight is 277 g/mol. The van der Waals surface area contributed by atoms with Crippen LogP contribution in [-0.4, -0.2) is 37.0 Å². The summed E-state index contributed by atoms with van der Waals surface area (Å²) in [6.07, 6.45) is 0.788. The zero-order valence-electron chi connectivity index (χ0n) is 11.8. The second kappa shape index (κ2) is 6.52. The number of hydrogen-bond donors (Lipinski definition) is 0. The lowest BCUT2D eigenvalue weighted by atomic mass is 10.1. The molecule has 0 spiro atoms. The molecule has 1 aliphatic heterocycles. The second-order valence-corrected chi connectivity index (χ2v) is 4.78. The maximum Gasteiger partial charge on any atom is 0.325 e. The van der Waals surface area contributed by atoms with Crippen LogP contribution in [0.4, 0.5) is 0 Å². The Morgan fingerprint density at radius 2 is 2.05 bits per heavy atom. The van der Waals surface area contributed by atoms with E-state index in [1.807, 2.05) is 19.1 Å². The Kier molecular flexibility index (Phi) is 4.74. The number of ether oxygens (including phenoxy) is 2. The topological polar surface area (TPSA) is 55.8 Å². The van der Waals surface area contributed by atoms with Gasteiger partial charge in [0.2, 0.25) is 0 Å². The zero-order chi connectivity index (χ0) is 14.5. The van der Waals surface area contributed by atoms with E-state index in [9.17, 15) is 9.59 Å². The Hall–Kier alpha value is -1.88. The third-order valence-electron chi connectivity index (χ3n) is 3.30. The van der Waals surface area contributed by atoms with Crippen molar-refractivity contribution in [2.24, 2.45) is 0 Å². The molecule has 1 aromatic rings. The highest BCUT2D eigenvalue weighted by Crippen LogP contribution is 2.21. The summed E-state index contributed by atoms with van der Waals surface area (Å²) >= 11 is 0. The maximum absolute atomic E-state index is 12.5. The van der Waals surface area contributed by atoms with E-state index in [4.69, 9.17) is 4.74 Å². The molecule has 0 radical (unpaired) electrons. The van der Waals surface area contributed by atoms with Crippen molar-refractivity contribution in [2.45, 2.75) is 26.6 Å². The van der Waals surface area contributed by atoms with Crippen LogP contribution in [0.5, 0.6) is 0 Å². The quantitative estimate of drug-likeness (QED) is 0.769. The predicted octanol–water partition coefficient (Wildman–Crippen LogP) is 1.74. The number of carbonyl (C=O) groups is 2. The lowest BCUT2D eigenvalue weighted by Gasteiger charge is -2.21. The molecule has 0 bridgehead atoms. The van der Waals surface area contributed by atoms with E-state index in [2.05, 4.69) is 4.74 Å². The van der Waals surface area contributed by atoms with Crippen LogP contribution in [-0.2, 0) is 27.5 Å². The third kappa shape index (κ3) is 3.17. The molecule has 0 atom stereocenters. The Morgan fingerprint density at radius 1 is 1.30 bits per heavy atom. The first-order valence-electron chi connectivity index (χ1n) is 6.71. The second-order valence-electron chi connectivity index (χ2n) is 4.78. The molecule has 20 heavy (non-hydrogen) atoms. The van der Waals surface area contributed by atoms with Crippen molar-refractivity contribution in [2.75, 3.05) is 20.2 Å². The Bertz CT molecular complexity index is 513. The van der Waals surface area contributed by atoms with Crippen LogP contribution in [0.1, 0.15) is 34.8 Å². The smallest absolute Gasteiger partial charge is 0.325 e. The van der Waals surface area contributed by atoms with E-state index >= 15 is 0 Å². The van der Waals surface area contributed by atoms with Gasteiger partial charge in [-0.25, -0.2) is 0 Å². The summed E-state index contributed by atoms with van der Waals surface area (Å²) in [6, 6.07) is 5.55. The number of benzene rings is 1. The fraction of sp³-hybridized carbons (Fsp3) is 0.467. The summed E-state index contributed by atoms with van der Waals surface area (Å²) in [5.41, 5.74) is 2.76. The van der Waals surface area contributed by atoms with Gasteiger partial charge in [-0.2, -0.15) is 0 Å². The van der Waals surface area contributed by atoms with E-state index < -0.39 is 5.97 Å². The van der Waals surface area contributed by atoms with E-state index in [0.29, 0.717) is 25.3 Å². The van der Waals surface area contributed by atoms with Crippen molar-refractivity contribution in [3.8, 4) is 0 Å². The fourth-order valence-electron chi connectivity index (χ4n) is 2.23. The molecule has 0 saturated carbocycles. The highest BCUT2D eigenvalue weighted by molar-refractivity contribution is 5.96. The van der Waals surface area contributed by atoms with Gasteiger partial charge in [0.15, 0.2) is 0 Å². The van der Waals surface area contributed by atoms with Crippen LogP contribution in [0.2, 0.25) is 0 Å². The molecule has 1 aromatic carbocycles. The number of carbonyl (C=O) groups excluding carboxylic acids is 2. The summed E-state index contributed by atoms with van der Waals surface area (Å²) in [5.74, 6) is -0.553. The average Bonchev–Trinajstić information content (AvgIpc) is 2.93. The highest BCUT2D eigenvalue weighted by Gasteiger charge is 2.20. The van der Waals surface area contributed by atoms with Crippen LogP contribution in [0.3, 0.4) is 0 Å². The van der Waals surface area contributed by atoms with Crippen LogP contribution in [0.15, 0.2) is 18.2 Å². The number of fused-ring (bicyclic) bond motifs is 1. The van der Waals surface area contributed by atoms with Gasteiger partial charge in [0, 0.05) is 12.1 Å². The molecule has 0 fully saturated rings. The first kappa shape index (κ1) is 14.5. The molecule has 0 aliphatic carbocycles. The van der Waals surface area contributed by atoms with Gasteiger partial charge >= 0.3 is 5.97 Å². The molecule has 1 aliphatic rings. The molecule has 1 heterocycles. The normalized spacial score (nSPS) is 12.9. The summed E-state index contributed by atoms with van der Waals surface area (Å²) in [4.78, 5) is 25.4. The van der Waals surface area contributed by atoms with Crippen molar-refractivity contribution in [1.29, 1.82) is 0 Å². The van der Waals surface area contributed by atoms with Crippen molar-refractivity contribution in [3.05, 3.63) is 34.9 Å². The van der Waals surface area contributed by atoms with Crippen molar-refractivity contribution in [3.63, 3.8) is 0 Å². The summed E-state index contributed by atoms with van der Waals surface area (Å²) in [6.45, 7) is 3.62. The standard InChI is InChI=1S/C15H19NO4/c1-3-6-16(8-14(17)19-2)15(18)11-4-5-12-9-20-10-13(12)7-11/h4-5,7H,3,6,8-10H2,1-2H3. The minimum Gasteiger partial charge on any atom is -0.468 e. The third-order valence-corrected chi connectivity index (χ3v) is 3.30. The maximum atomic E-state index is 12.5. The molecule has 0 aromatic heterocycles. The van der Waals surface area contributed by atoms with Gasteiger partial charge < -0.3 is 14.4 Å². The highest BCUT2D eigenvalue weighted by atomic mass is 16.5. The minimum absolute atomic E-state index is 0.0171. The van der Waals surface area contributed by atoms with Gasteiger partial charge in [0.25, 0.3) is 5.91 Å². The monoisotopic (exact) mass is 277 g/mol. The molecule has 5 heteroatoms. The molecule has 2 rings (SSSR count). The summed E-state index contributed by atoms with van der Waals surface area (Å²) < 4.78 is 9.97. The lowest BCUT2D eigenvalue weighted by molar-refractivity contribution is -0.141. The van der Waals surface area contributed by atoms with Crippen molar-refractivity contribution < 1.29 is 19.1 Å². The predicted molar refractivity (Wildman–Crippen MR) is 73.1 cm³/mol. The van der Waals surface area contributed by atoms with E-state index in [0.717, 1.165) is 17.5 Å². The van der Waals surface area contributed by atoms with Gasteiger partial charge in [0.05, 0.1) is 20.3 Å². The number of rotatable bonds is 5. The van der Waals surface area contributed by atoms with Crippen LogP contribution in [0.25, 0.3) is 0 Å². The van der Waals surface area contributed by atoms with Gasteiger partial charge in [-0.3, -0.25) is 9.59 Å². The van der Waals surface area contributed by atoms with Gasteiger partial charge in [-0.15, -0.1) is 0 Å². The Balaban J connectivity index is 2.16. The fourth-order valence-corrected chi connectivity index (χ4v) is 2.23. The molecular formula is C15H19NO4. The molecule has 108 valence electrons. The number of hydrogen-bond acceptors (Lipinski definition) is 4. The number of methoxy groups -OCH3 is 1. The molecule has 1 amide bonds. The van der Waals surface area contributed by atoms with Crippen molar-refractivity contribution >= 4 is 11.9 Å². The van der Waals surface area contributed by atoms with Crippen LogP contribution in [0, 0.1) is 0 Å². The van der Waals surface area contributed by atoms with Gasteiger partial charge in [-0.05, 0) is 29.7 Å². The van der Waals surface area contributed by atoms with Gasteiger partial charge in [-0.1, -0.05) is 13.0 Å². The Morgan fingerprint density at radius 3 is 2.75 bits per heavy atom. The number of esters is 1. The van der Waals surface area contributed by atoms with Crippen LogP contribution >= 0.6 is 0 Å². The Labute approximate surface area is 118 Å². The van der Waals surface area contributed by atoms with Crippen molar-refractivity contribution in [1.82, 2.24) is 4.90 Å². The molecule has 0 saturated heterocycles. The van der Waals surface area contributed by atoms with E-state index in [1.165, 1.54) is 12.0 Å². The van der Waals surface area contributed by atoms with E-state index in [-0.39, 0.29) is 12.5 Å². The number of amides is 1. The summed E-state index contributed by atoms with van der Waals surface area (Å²) in [7, 11) is 1.32. The number of nitrogens with zero attached hydrogens (tertiary/aromatic N) is 1. The minimum atomic E-state index is -0.406. The van der Waals surface area contributed by atoms with E-state index in [1.54, 1.807) is 6.07 Å². The molecule has 5 nitrogen and oxygen atoms in total. The largest absolute Gasteiger partial charge is 0.468 e. The van der Waals surface area contributed by atoms with Crippen LogP contribution < -0.4 is 0 Å². The molecular weight excluding hydrogens is 258 g/mol. The molecule has 0 unspecified atom stereocenters. The summed E-state index contributed by atoms with van der Waals surface area (Å²) in [5, 5.41) is 0. The lowest BCUT2D eigenvalue weighted by Crippen LogP contribution is -2.36. The first-order chi connectivity index (χ1) is 9.65. The molecule has 0 N–H and O–H groups in total. The van der Waals surface area contributed by atoms with Gasteiger partial charge in [0.1, 0.15) is 6.54 Å². The SMILES string of the molecule is CCCN(CC(=O)OC)C(=O)c1ccc2c(c1)COC2. The first-order valence-corrected chi connectivity index (χ1v) is 6.71.